The standard InChI is InChI=1S/C6H10ClN5O/c1-3(7)4-9-5(8)11-6(10-4)12-13-2/h3H,1-2H3,(H3,8,9,10,11,12). The maximum Gasteiger partial charge on any atom is 0.252 e. The highest BCUT2D eigenvalue weighted by molar-refractivity contribution is 6.20. The summed E-state index contributed by atoms with van der Waals surface area (Å²) in [5.41, 5.74) is 7.85. The molecule has 0 saturated carbocycles. The van der Waals surface area contributed by atoms with Crippen LogP contribution in [0.25, 0.3) is 0 Å². The van der Waals surface area contributed by atoms with Crippen molar-refractivity contribution in [3.63, 3.8) is 0 Å². The lowest BCUT2D eigenvalue weighted by molar-refractivity contribution is 0.266. The lowest BCUT2D eigenvalue weighted by Crippen LogP contribution is -2.09. The van der Waals surface area contributed by atoms with Gasteiger partial charge in [0.2, 0.25) is 5.95 Å². The van der Waals surface area contributed by atoms with Gasteiger partial charge in [0.15, 0.2) is 5.82 Å². The molecule has 1 rings (SSSR count). The Morgan fingerprint density at radius 3 is 2.69 bits per heavy atom. The van der Waals surface area contributed by atoms with Crippen molar-refractivity contribution in [3.8, 4) is 0 Å². The highest BCUT2D eigenvalue weighted by Gasteiger charge is 2.08. The van der Waals surface area contributed by atoms with Crippen LogP contribution in [0.4, 0.5) is 11.9 Å². The van der Waals surface area contributed by atoms with Crippen molar-refractivity contribution in [2.75, 3.05) is 18.3 Å². The largest absolute Gasteiger partial charge is 0.368 e. The summed E-state index contributed by atoms with van der Waals surface area (Å²) >= 11 is 5.77. The molecule has 6 nitrogen and oxygen atoms in total. The summed E-state index contributed by atoms with van der Waals surface area (Å²) in [5, 5.41) is -0.317. The van der Waals surface area contributed by atoms with Gasteiger partial charge in [0, 0.05) is 0 Å². The summed E-state index contributed by atoms with van der Waals surface area (Å²) < 4.78 is 0. The normalized spacial score (nSPS) is 12.5. The average Bonchev–Trinajstić information content (AvgIpc) is 2.03. The number of anilines is 2. The molecular formula is C6H10ClN5O. The molecule has 0 radical (unpaired) electrons. The molecule has 1 aromatic heterocycles. The molecule has 1 unspecified atom stereocenters. The summed E-state index contributed by atoms with van der Waals surface area (Å²) in [5.74, 6) is 0.767. The Morgan fingerprint density at radius 1 is 1.46 bits per heavy atom. The molecule has 0 aromatic carbocycles. The number of hydrogen-bond donors (Lipinski definition) is 2. The van der Waals surface area contributed by atoms with Crippen molar-refractivity contribution in [1.82, 2.24) is 15.0 Å². The Hall–Kier alpha value is -1.14. The molecule has 1 aromatic rings. The molecule has 0 aliphatic heterocycles. The van der Waals surface area contributed by atoms with Crippen molar-refractivity contribution in [1.29, 1.82) is 0 Å². The van der Waals surface area contributed by atoms with Crippen LogP contribution in [0.3, 0.4) is 0 Å². The Balaban J connectivity index is 2.96. The van der Waals surface area contributed by atoms with Gasteiger partial charge in [0.25, 0.3) is 5.95 Å². The minimum absolute atomic E-state index is 0.108. The summed E-state index contributed by atoms with van der Waals surface area (Å²) in [7, 11) is 1.45. The third kappa shape index (κ3) is 2.67. The van der Waals surface area contributed by atoms with Gasteiger partial charge in [-0.15, -0.1) is 11.6 Å². The molecule has 7 heteroatoms. The Kier molecular flexibility index (Phi) is 3.21. The third-order valence-corrected chi connectivity index (χ3v) is 1.41. The lowest BCUT2D eigenvalue weighted by Gasteiger charge is -2.05. The van der Waals surface area contributed by atoms with E-state index in [1.165, 1.54) is 7.11 Å². The van der Waals surface area contributed by atoms with Crippen LogP contribution >= 0.6 is 11.6 Å². The molecule has 1 atom stereocenters. The number of rotatable bonds is 3. The van der Waals surface area contributed by atoms with E-state index in [2.05, 4.69) is 25.3 Å². The van der Waals surface area contributed by atoms with E-state index in [-0.39, 0.29) is 17.3 Å². The Bertz CT molecular complexity index is 292. The van der Waals surface area contributed by atoms with E-state index in [1.54, 1.807) is 6.92 Å². The second-order valence-electron chi connectivity index (χ2n) is 2.30. The molecule has 13 heavy (non-hydrogen) atoms. The number of nitrogens with one attached hydrogen (secondary N) is 1. The molecule has 3 N–H and O–H groups in total. The molecule has 0 aliphatic rings. The first kappa shape index (κ1) is 9.94. The molecule has 0 spiro atoms. The second-order valence-corrected chi connectivity index (χ2v) is 2.95. The van der Waals surface area contributed by atoms with E-state index >= 15 is 0 Å². The van der Waals surface area contributed by atoms with E-state index < -0.39 is 0 Å². The summed E-state index contributed by atoms with van der Waals surface area (Å²) in [4.78, 5) is 16.2. The first-order valence-corrected chi connectivity index (χ1v) is 4.01. The van der Waals surface area contributed by atoms with Crippen molar-refractivity contribution in [2.45, 2.75) is 12.3 Å². The highest BCUT2D eigenvalue weighted by atomic mass is 35.5. The molecular weight excluding hydrogens is 194 g/mol. The van der Waals surface area contributed by atoms with Gasteiger partial charge in [-0.3, -0.25) is 4.84 Å². The number of alkyl halides is 1. The van der Waals surface area contributed by atoms with E-state index in [0.29, 0.717) is 5.82 Å². The van der Waals surface area contributed by atoms with Gasteiger partial charge >= 0.3 is 0 Å². The van der Waals surface area contributed by atoms with Gasteiger partial charge in [-0.25, -0.2) is 5.48 Å². The number of hydrogen-bond acceptors (Lipinski definition) is 6. The van der Waals surface area contributed by atoms with Gasteiger partial charge < -0.3 is 5.73 Å². The number of nitrogen functional groups attached to an aromatic ring is 1. The molecule has 0 fully saturated rings. The molecule has 0 amide bonds. The number of halogens is 1. The zero-order chi connectivity index (χ0) is 9.84. The van der Waals surface area contributed by atoms with Crippen molar-refractivity contribution in [3.05, 3.63) is 5.82 Å². The Labute approximate surface area is 80.4 Å². The predicted octanol–water partition coefficient (Wildman–Crippen LogP) is 0.727. The fourth-order valence-corrected chi connectivity index (χ4v) is 0.822. The maximum absolute atomic E-state index is 5.77. The third-order valence-electron chi connectivity index (χ3n) is 1.22. The zero-order valence-electron chi connectivity index (χ0n) is 7.28. The van der Waals surface area contributed by atoms with Crippen molar-refractivity contribution >= 4 is 23.5 Å². The number of nitrogens with zero attached hydrogens (tertiary/aromatic N) is 3. The smallest absolute Gasteiger partial charge is 0.252 e. The molecule has 1 heterocycles. The SMILES string of the molecule is CONc1nc(N)nc(C(C)Cl)n1. The van der Waals surface area contributed by atoms with Gasteiger partial charge in [0.05, 0.1) is 12.5 Å². The summed E-state index contributed by atoms with van der Waals surface area (Å²) in [6.07, 6.45) is 0. The van der Waals surface area contributed by atoms with Crippen LogP contribution in [-0.4, -0.2) is 22.1 Å². The van der Waals surface area contributed by atoms with Crippen LogP contribution < -0.4 is 11.2 Å². The Morgan fingerprint density at radius 2 is 2.15 bits per heavy atom. The van der Waals surface area contributed by atoms with Crippen molar-refractivity contribution in [2.24, 2.45) is 0 Å². The molecule has 0 saturated heterocycles. The van der Waals surface area contributed by atoms with E-state index in [0.717, 1.165) is 0 Å². The van der Waals surface area contributed by atoms with Crippen LogP contribution in [0.5, 0.6) is 0 Å². The predicted molar refractivity (Wildman–Crippen MR) is 49.1 cm³/mol. The van der Waals surface area contributed by atoms with Crippen LogP contribution in [-0.2, 0) is 4.84 Å². The summed E-state index contributed by atoms with van der Waals surface area (Å²) in [6.45, 7) is 1.74. The van der Waals surface area contributed by atoms with E-state index in [1.807, 2.05) is 0 Å². The minimum Gasteiger partial charge on any atom is -0.368 e. The van der Waals surface area contributed by atoms with Gasteiger partial charge in [-0.2, -0.15) is 15.0 Å². The van der Waals surface area contributed by atoms with Crippen molar-refractivity contribution < 1.29 is 4.84 Å². The lowest BCUT2D eigenvalue weighted by atomic mass is 10.4. The first-order chi connectivity index (χ1) is 6.13. The zero-order valence-corrected chi connectivity index (χ0v) is 8.04. The fraction of sp³-hybridized carbons (Fsp3) is 0.500. The highest BCUT2D eigenvalue weighted by Crippen LogP contribution is 2.16. The maximum atomic E-state index is 5.77. The van der Waals surface area contributed by atoms with E-state index in [4.69, 9.17) is 17.3 Å². The first-order valence-electron chi connectivity index (χ1n) is 3.58. The molecule has 0 bridgehead atoms. The monoisotopic (exact) mass is 203 g/mol. The molecule has 72 valence electrons. The summed E-state index contributed by atoms with van der Waals surface area (Å²) in [6, 6.07) is 0. The average molecular weight is 204 g/mol. The van der Waals surface area contributed by atoms with Crippen LogP contribution in [0.15, 0.2) is 0 Å². The minimum atomic E-state index is -0.317. The van der Waals surface area contributed by atoms with Gasteiger partial charge in [-0.1, -0.05) is 0 Å². The number of aromatic nitrogens is 3. The molecule has 0 aliphatic carbocycles. The van der Waals surface area contributed by atoms with Crippen LogP contribution in [0.2, 0.25) is 0 Å². The van der Waals surface area contributed by atoms with E-state index in [9.17, 15) is 0 Å². The fourth-order valence-electron chi connectivity index (χ4n) is 0.724. The second kappa shape index (κ2) is 4.20. The quantitative estimate of drug-likeness (QED) is 0.556. The van der Waals surface area contributed by atoms with Crippen LogP contribution in [0, 0.1) is 0 Å². The van der Waals surface area contributed by atoms with Gasteiger partial charge in [0.1, 0.15) is 0 Å². The topological polar surface area (TPSA) is 86.0 Å². The number of nitrogens with two attached hydrogens (primary N) is 1. The van der Waals surface area contributed by atoms with Crippen LogP contribution in [0.1, 0.15) is 18.1 Å². The van der Waals surface area contributed by atoms with Gasteiger partial charge in [-0.05, 0) is 6.92 Å².